The molecule has 3 aromatic rings. The van der Waals surface area contributed by atoms with Crippen molar-refractivity contribution in [3.8, 4) is 17.1 Å². The number of rotatable bonds is 6. The average Bonchev–Trinajstić information content (AvgIpc) is 2.84. The minimum atomic E-state index is -4.57. The van der Waals surface area contributed by atoms with Crippen LogP contribution < -0.4 is 9.64 Å². The molecule has 0 aliphatic carbocycles. The van der Waals surface area contributed by atoms with Crippen molar-refractivity contribution >= 4 is 11.5 Å². The third-order valence-corrected chi connectivity index (χ3v) is 5.60. The van der Waals surface area contributed by atoms with Gasteiger partial charge in [-0.3, -0.25) is 9.78 Å². The molecule has 0 amide bonds. The fourth-order valence-corrected chi connectivity index (χ4v) is 3.78. The lowest BCUT2D eigenvalue weighted by Crippen LogP contribution is -2.36. The van der Waals surface area contributed by atoms with Crippen LogP contribution >= 0.6 is 0 Å². The molecule has 178 valence electrons. The van der Waals surface area contributed by atoms with Gasteiger partial charge < -0.3 is 14.4 Å². The molecule has 1 aromatic carbocycles. The van der Waals surface area contributed by atoms with Crippen molar-refractivity contribution < 1.29 is 27.4 Å². The summed E-state index contributed by atoms with van der Waals surface area (Å²) in [6.45, 7) is 4.45. The van der Waals surface area contributed by atoms with Crippen LogP contribution in [0.2, 0.25) is 0 Å². The summed E-state index contributed by atoms with van der Waals surface area (Å²) in [5.74, 6) is 0.0872. The van der Waals surface area contributed by atoms with Crippen LogP contribution in [0.25, 0.3) is 11.3 Å². The molecule has 2 aromatic heterocycles. The number of hydrogen-bond donors (Lipinski definition) is 0. The number of aromatic nitrogens is 3. The molecular formula is C24H23F3N4O3. The summed E-state index contributed by atoms with van der Waals surface area (Å²) in [6, 6.07) is 9.32. The number of Topliss-reactive ketones (excluding diaryl/α,β-unsaturated/α-hetero) is 1. The molecule has 0 unspecified atom stereocenters. The standard InChI is InChI=1S/C24H23F3N4O3/c1-15-3-4-17(21(32)11-16-5-6-28-22(12-16)24(25,26)27)13-18(15)19-14-20(23(33-2)30-29-19)31-7-9-34-10-8-31/h3-6,12-14H,7-11H2,1-2H3. The van der Waals surface area contributed by atoms with E-state index >= 15 is 0 Å². The first kappa shape index (κ1) is 23.6. The van der Waals surface area contributed by atoms with Gasteiger partial charge in [-0.05, 0) is 42.3 Å². The van der Waals surface area contributed by atoms with E-state index in [1.54, 1.807) is 18.2 Å². The summed E-state index contributed by atoms with van der Waals surface area (Å²) in [5, 5.41) is 8.49. The monoisotopic (exact) mass is 472 g/mol. The number of ketones is 1. The van der Waals surface area contributed by atoms with Crippen molar-refractivity contribution in [3.63, 3.8) is 0 Å². The zero-order valence-corrected chi connectivity index (χ0v) is 18.7. The molecule has 0 atom stereocenters. The van der Waals surface area contributed by atoms with Crippen LogP contribution in [-0.4, -0.2) is 54.4 Å². The Kier molecular flexibility index (Phi) is 6.78. The van der Waals surface area contributed by atoms with E-state index in [2.05, 4.69) is 20.1 Å². The first-order chi connectivity index (χ1) is 16.3. The first-order valence-electron chi connectivity index (χ1n) is 10.7. The summed E-state index contributed by atoms with van der Waals surface area (Å²) in [4.78, 5) is 18.4. The highest BCUT2D eigenvalue weighted by atomic mass is 19.4. The molecule has 7 nitrogen and oxygen atoms in total. The van der Waals surface area contributed by atoms with Gasteiger partial charge >= 0.3 is 6.18 Å². The lowest BCUT2D eigenvalue weighted by molar-refractivity contribution is -0.141. The molecule has 0 radical (unpaired) electrons. The van der Waals surface area contributed by atoms with Gasteiger partial charge in [-0.15, -0.1) is 10.2 Å². The average molecular weight is 472 g/mol. The van der Waals surface area contributed by atoms with E-state index in [0.717, 1.165) is 23.5 Å². The van der Waals surface area contributed by atoms with Gasteiger partial charge in [0.05, 0.1) is 26.0 Å². The minimum Gasteiger partial charge on any atom is -0.478 e. The molecule has 0 spiro atoms. The fraction of sp³-hybridized carbons (Fsp3) is 0.333. The van der Waals surface area contributed by atoms with E-state index < -0.39 is 11.9 Å². The first-order valence-corrected chi connectivity index (χ1v) is 10.7. The minimum absolute atomic E-state index is 0.179. The molecular weight excluding hydrogens is 449 g/mol. The number of ether oxygens (including phenoxy) is 2. The zero-order chi connectivity index (χ0) is 24.3. The molecule has 4 rings (SSSR count). The van der Waals surface area contributed by atoms with Gasteiger partial charge in [0, 0.05) is 36.8 Å². The second-order valence-corrected chi connectivity index (χ2v) is 7.90. The number of carbonyl (C=O) groups excluding carboxylic acids is 1. The van der Waals surface area contributed by atoms with Gasteiger partial charge in [0.25, 0.3) is 5.88 Å². The van der Waals surface area contributed by atoms with E-state index in [0.29, 0.717) is 49.0 Å². The number of alkyl halides is 3. The van der Waals surface area contributed by atoms with E-state index in [1.165, 1.54) is 13.2 Å². The molecule has 34 heavy (non-hydrogen) atoms. The van der Waals surface area contributed by atoms with Gasteiger partial charge in [0.15, 0.2) is 5.78 Å². The highest BCUT2D eigenvalue weighted by Crippen LogP contribution is 2.32. The topological polar surface area (TPSA) is 77.4 Å². The molecule has 1 saturated heterocycles. The van der Waals surface area contributed by atoms with Crippen LogP contribution in [0.15, 0.2) is 42.6 Å². The van der Waals surface area contributed by atoms with Gasteiger partial charge in [-0.25, -0.2) is 0 Å². The fourth-order valence-electron chi connectivity index (χ4n) is 3.78. The maximum atomic E-state index is 13.0. The van der Waals surface area contributed by atoms with Crippen LogP contribution in [0.3, 0.4) is 0 Å². The third kappa shape index (κ3) is 5.17. The summed E-state index contributed by atoms with van der Waals surface area (Å²) >= 11 is 0. The number of methoxy groups -OCH3 is 1. The Balaban J connectivity index is 1.63. The van der Waals surface area contributed by atoms with Gasteiger partial charge in [0.1, 0.15) is 11.4 Å². The predicted molar refractivity (Wildman–Crippen MR) is 119 cm³/mol. The second kappa shape index (κ2) is 9.76. The Hall–Kier alpha value is -3.53. The number of carbonyl (C=O) groups is 1. The molecule has 10 heteroatoms. The number of anilines is 1. The Bertz CT molecular complexity index is 1190. The molecule has 0 bridgehead atoms. The number of benzene rings is 1. The van der Waals surface area contributed by atoms with Crippen molar-refractivity contribution in [2.75, 3.05) is 38.3 Å². The lowest BCUT2D eigenvalue weighted by Gasteiger charge is -2.29. The molecule has 0 saturated carbocycles. The highest BCUT2D eigenvalue weighted by Gasteiger charge is 2.32. The summed E-state index contributed by atoms with van der Waals surface area (Å²) in [6.07, 6.45) is -3.69. The number of pyridine rings is 1. The number of halogens is 3. The molecule has 0 N–H and O–H groups in total. The van der Waals surface area contributed by atoms with Crippen molar-refractivity contribution in [2.24, 2.45) is 0 Å². The van der Waals surface area contributed by atoms with Crippen molar-refractivity contribution in [2.45, 2.75) is 19.5 Å². The Morgan fingerprint density at radius 3 is 2.59 bits per heavy atom. The molecule has 1 aliphatic rings. The Morgan fingerprint density at radius 2 is 1.88 bits per heavy atom. The number of nitrogens with zero attached hydrogens (tertiary/aromatic N) is 4. The maximum absolute atomic E-state index is 13.0. The molecule has 1 aliphatic heterocycles. The Morgan fingerprint density at radius 1 is 1.12 bits per heavy atom. The van der Waals surface area contributed by atoms with Crippen molar-refractivity contribution in [1.29, 1.82) is 0 Å². The summed E-state index contributed by atoms with van der Waals surface area (Å²) < 4.78 is 49.7. The molecule has 1 fully saturated rings. The van der Waals surface area contributed by atoms with Crippen LogP contribution in [0.4, 0.5) is 18.9 Å². The summed E-state index contributed by atoms with van der Waals surface area (Å²) in [7, 11) is 1.53. The lowest BCUT2D eigenvalue weighted by atomic mass is 9.97. The van der Waals surface area contributed by atoms with Crippen molar-refractivity contribution in [3.05, 3.63) is 65.0 Å². The second-order valence-electron chi connectivity index (χ2n) is 7.90. The van der Waals surface area contributed by atoms with Gasteiger partial charge in [-0.2, -0.15) is 13.2 Å². The normalized spacial score (nSPS) is 14.2. The van der Waals surface area contributed by atoms with Gasteiger partial charge in [-0.1, -0.05) is 12.1 Å². The van der Waals surface area contributed by atoms with Crippen LogP contribution in [-0.2, 0) is 17.3 Å². The van der Waals surface area contributed by atoms with Crippen molar-refractivity contribution in [1.82, 2.24) is 15.2 Å². The van der Waals surface area contributed by atoms with E-state index in [1.807, 2.05) is 13.0 Å². The van der Waals surface area contributed by atoms with Crippen LogP contribution in [0.1, 0.15) is 27.2 Å². The zero-order valence-electron chi connectivity index (χ0n) is 18.7. The van der Waals surface area contributed by atoms with Crippen LogP contribution in [0, 0.1) is 6.92 Å². The van der Waals surface area contributed by atoms with E-state index in [9.17, 15) is 18.0 Å². The summed E-state index contributed by atoms with van der Waals surface area (Å²) in [5.41, 5.74) is 2.53. The number of hydrogen-bond acceptors (Lipinski definition) is 7. The SMILES string of the molecule is COc1nnc(-c2cc(C(=O)Cc3ccnc(C(F)(F)F)c3)ccc2C)cc1N1CCOCC1. The largest absolute Gasteiger partial charge is 0.478 e. The maximum Gasteiger partial charge on any atom is 0.433 e. The number of aryl methyl sites for hydroxylation is 1. The Labute approximate surface area is 194 Å². The van der Waals surface area contributed by atoms with Crippen LogP contribution in [0.5, 0.6) is 5.88 Å². The van der Waals surface area contributed by atoms with Gasteiger partial charge in [0.2, 0.25) is 0 Å². The smallest absolute Gasteiger partial charge is 0.433 e. The van der Waals surface area contributed by atoms with E-state index in [-0.39, 0.29) is 17.8 Å². The predicted octanol–water partition coefficient (Wildman–Crippen LogP) is 4.14. The third-order valence-electron chi connectivity index (χ3n) is 5.60. The number of morpholine rings is 1. The van der Waals surface area contributed by atoms with E-state index in [4.69, 9.17) is 9.47 Å². The molecule has 3 heterocycles. The highest BCUT2D eigenvalue weighted by molar-refractivity contribution is 5.98. The quantitative estimate of drug-likeness (QED) is 0.499.